The SMILES string of the molecule is CC(C)(C)c1ccc(OP2(=O)Oc3ccccc3CN2c2ccc(F)c(Cl)c2)c(C(C)(C)C)c1. The van der Waals surface area contributed by atoms with Gasteiger partial charge in [-0.05, 0) is 46.7 Å². The van der Waals surface area contributed by atoms with Crippen LogP contribution < -0.4 is 13.7 Å². The van der Waals surface area contributed by atoms with Gasteiger partial charge in [0.1, 0.15) is 17.3 Å². The highest BCUT2D eigenvalue weighted by molar-refractivity contribution is 7.56. The fraction of sp³-hybridized carbons (Fsp3) is 0.333. The van der Waals surface area contributed by atoms with Crippen LogP contribution >= 0.6 is 19.3 Å². The summed E-state index contributed by atoms with van der Waals surface area (Å²) < 4.78 is 42.1. The summed E-state index contributed by atoms with van der Waals surface area (Å²) in [6.45, 7) is 13.0. The Hall–Kier alpha value is -2.49. The maximum absolute atomic E-state index is 14.4. The first-order chi connectivity index (χ1) is 15.8. The van der Waals surface area contributed by atoms with E-state index in [1.54, 1.807) is 6.07 Å². The highest BCUT2D eigenvalue weighted by atomic mass is 35.5. The van der Waals surface area contributed by atoms with Crippen molar-refractivity contribution < 1.29 is 18.0 Å². The first-order valence-corrected chi connectivity index (χ1v) is 13.1. The number of hydrogen-bond acceptors (Lipinski definition) is 3. The van der Waals surface area contributed by atoms with Crippen LogP contribution in [0.25, 0.3) is 0 Å². The zero-order valence-electron chi connectivity index (χ0n) is 20.4. The second-order valence-electron chi connectivity index (χ2n) is 10.6. The molecule has 0 spiro atoms. The van der Waals surface area contributed by atoms with E-state index in [9.17, 15) is 8.96 Å². The molecule has 0 saturated heterocycles. The van der Waals surface area contributed by atoms with Gasteiger partial charge >= 0.3 is 7.75 Å². The molecule has 0 fully saturated rings. The van der Waals surface area contributed by atoms with Crippen molar-refractivity contribution >= 4 is 25.0 Å². The standard InChI is InChI=1S/C27H30ClFNO3P/c1-26(2,3)19-11-14-25(21(15-19)27(4,5)6)33-34(31)30(20-12-13-23(29)22(28)16-20)17-18-9-7-8-10-24(18)32-34/h7-16H,17H2,1-6H3. The molecule has 3 aromatic carbocycles. The van der Waals surface area contributed by atoms with Gasteiger partial charge in [0.05, 0.1) is 17.3 Å². The van der Waals surface area contributed by atoms with Crippen molar-refractivity contribution in [2.45, 2.75) is 58.9 Å². The lowest BCUT2D eigenvalue weighted by Crippen LogP contribution is -2.30. The number of fused-ring (bicyclic) bond motifs is 1. The molecule has 0 radical (unpaired) electrons. The number of nitrogens with zero attached hydrogens (tertiary/aromatic N) is 1. The molecule has 1 atom stereocenters. The summed E-state index contributed by atoms with van der Waals surface area (Å²) in [4.78, 5) is 0. The Morgan fingerprint density at radius 3 is 2.32 bits per heavy atom. The van der Waals surface area contributed by atoms with Crippen LogP contribution in [0, 0.1) is 5.82 Å². The minimum Gasteiger partial charge on any atom is -0.400 e. The van der Waals surface area contributed by atoms with E-state index < -0.39 is 13.6 Å². The minimum atomic E-state index is -3.93. The first kappa shape index (κ1) is 24.6. The van der Waals surface area contributed by atoms with Gasteiger partial charge in [-0.3, -0.25) is 4.67 Å². The quantitative estimate of drug-likeness (QED) is 0.336. The van der Waals surface area contributed by atoms with E-state index in [0.717, 1.165) is 16.7 Å². The molecule has 0 amide bonds. The van der Waals surface area contributed by atoms with Crippen molar-refractivity contribution in [2.75, 3.05) is 4.67 Å². The molecule has 1 heterocycles. The Kier molecular flexibility index (Phi) is 6.25. The average molecular weight is 502 g/mol. The Bertz CT molecular complexity index is 1280. The van der Waals surface area contributed by atoms with Crippen molar-refractivity contribution in [1.82, 2.24) is 0 Å². The maximum atomic E-state index is 14.4. The molecule has 0 bridgehead atoms. The monoisotopic (exact) mass is 501 g/mol. The minimum absolute atomic E-state index is 0.0556. The lowest BCUT2D eigenvalue weighted by atomic mass is 9.80. The molecule has 3 aromatic rings. The van der Waals surface area contributed by atoms with Gasteiger partial charge in [-0.25, -0.2) is 8.96 Å². The maximum Gasteiger partial charge on any atom is 0.544 e. The normalized spacial score (nSPS) is 18.3. The summed E-state index contributed by atoms with van der Waals surface area (Å²) in [5.41, 5.74) is 3.05. The molecule has 180 valence electrons. The lowest BCUT2D eigenvalue weighted by Gasteiger charge is -2.37. The van der Waals surface area contributed by atoms with E-state index in [1.807, 2.05) is 30.3 Å². The molecule has 7 heteroatoms. The molecular weight excluding hydrogens is 472 g/mol. The van der Waals surface area contributed by atoms with E-state index in [2.05, 4.69) is 47.6 Å². The molecule has 4 rings (SSSR count). The van der Waals surface area contributed by atoms with Crippen LogP contribution in [0.3, 0.4) is 0 Å². The van der Waals surface area contributed by atoms with Crippen LogP contribution in [0.1, 0.15) is 58.2 Å². The van der Waals surface area contributed by atoms with Crippen LogP contribution in [0.4, 0.5) is 10.1 Å². The number of para-hydroxylation sites is 1. The zero-order valence-corrected chi connectivity index (χ0v) is 22.0. The number of rotatable bonds is 3. The van der Waals surface area contributed by atoms with Crippen molar-refractivity contribution in [3.63, 3.8) is 0 Å². The molecule has 1 unspecified atom stereocenters. The summed E-state index contributed by atoms with van der Waals surface area (Å²) in [6.07, 6.45) is 0. The molecule has 1 aliphatic rings. The van der Waals surface area contributed by atoms with Crippen LogP contribution in [0.2, 0.25) is 5.02 Å². The molecule has 0 aromatic heterocycles. The Morgan fingerprint density at radius 2 is 1.68 bits per heavy atom. The molecule has 0 saturated carbocycles. The summed E-state index contributed by atoms with van der Waals surface area (Å²) in [6, 6.07) is 17.6. The molecule has 1 aliphatic heterocycles. The summed E-state index contributed by atoms with van der Waals surface area (Å²) in [7, 11) is -3.93. The predicted octanol–water partition coefficient (Wildman–Crippen LogP) is 8.66. The molecular formula is C27H30ClFNO3P. The van der Waals surface area contributed by atoms with Crippen LogP contribution in [-0.4, -0.2) is 0 Å². The van der Waals surface area contributed by atoms with Gasteiger partial charge < -0.3 is 9.05 Å². The zero-order chi connectivity index (χ0) is 24.9. The van der Waals surface area contributed by atoms with Crippen LogP contribution in [0.5, 0.6) is 11.5 Å². The van der Waals surface area contributed by atoms with E-state index in [4.69, 9.17) is 20.6 Å². The van der Waals surface area contributed by atoms with E-state index in [1.165, 1.54) is 22.9 Å². The second-order valence-corrected chi connectivity index (χ2v) is 12.8. The summed E-state index contributed by atoms with van der Waals surface area (Å²) in [5, 5.41) is -0.0622. The topological polar surface area (TPSA) is 38.8 Å². The first-order valence-electron chi connectivity index (χ1n) is 11.2. The van der Waals surface area contributed by atoms with Gasteiger partial charge in [0.25, 0.3) is 0 Å². The van der Waals surface area contributed by atoms with Crippen molar-refractivity contribution in [2.24, 2.45) is 0 Å². The Labute approximate surface area is 206 Å². The van der Waals surface area contributed by atoms with E-state index >= 15 is 0 Å². The van der Waals surface area contributed by atoms with E-state index in [0.29, 0.717) is 17.2 Å². The van der Waals surface area contributed by atoms with Crippen molar-refractivity contribution in [3.05, 3.63) is 88.2 Å². The van der Waals surface area contributed by atoms with E-state index in [-0.39, 0.29) is 22.4 Å². The van der Waals surface area contributed by atoms with Gasteiger partial charge in [0.15, 0.2) is 0 Å². The number of halogens is 2. The average Bonchev–Trinajstić information content (AvgIpc) is 2.74. The molecule has 0 N–H and O–H groups in total. The third-order valence-corrected chi connectivity index (χ3v) is 7.98. The lowest BCUT2D eigenvalue weighted by molar-refractivity contribution is 0.365. The third kappa shape index (κ3) is 4.82. The van der Waals surface area contributed by atoms with Crippen LogP contribution in [0.15, 0.2) is 60.7 Å². The fourth-order valence-corrected chi connectivity index (χ4v) is 5.85. The Morgan fingerprint density at radius 1 is 0.971 bits per heavy atom. The van der Waals surface area contributed by atoms with Gasteiger partial charge in [0.2, 0.25) is 0 Å². The molecule has 4 nitrogen and oxygen atoms in total. The van der Waals surface area contributed by atoms with Gasteiger partial charge in [0, 0.05) is 11.1 Å². The Balaban J connectivity index is 1.84. The van der Waals surface area contributed by atoms with Crippen molar-refractivity contribution in [1.29, 1.82) is 0 Å². The third-order valence-electron chi connectivity index (χ3n) is 5.87. The van der Waals surface area contributed by atoms with Crippen LogP contribution in [-0.2, 0) is 21.9 Å². The summed E-state index contributed by atoms with van der Waals surface area (Å²) >= 11 is 6.06. The fourth-order valence-electron chi connectivity index (χ4n) is 3.88. The molecule has 34 heavy (non-hydrogen) atoms. The largest absolute Gasteiger partial charge is 0.544 e. The van der Waals surface area contributed by atoms with Crippen molar-refractivity contribution in [3.8, 4) is 11.5 Å². The van der Waals surface area contributed by atoms with Gasteiger partial charge in [-0.1, -0.05) is 83.5 Å². The second kappa shape index (κ2) is 8.62. The summed E-state index contributed by atoms with van der Waals surface area (Å²) in [5.74, 6) is 0.438. The van der Waals surface area contributed by atoms with Gasteiger partial charge in [-0.2, -0.15) is 0 Å². The number of hydrogen-bond donors (Lipinski definition) is 0. The molecule has 0 aliphatic carbocycles. The van der Waals surface area contributed by atoms with Gasteiger partial charge in [-0.15, -0.1) is 0 Å². The predicted molar refractivity (Wildman–Crippen MR) is 137 cm³/mol. The smallest absolute Gasteiger partial charge is 0.400 e. The highest BCUT2D eigenvalue weighted by Crippen LogP contribution is 2.59. The highest BCUT2D eigenvalue weighted by Gasteiger charge is 2.43. The number of anilines is 1. The number of benzene rings is 3.